The molecule has 0 radical (unpaired) electrons. The molecular weight excluding hydrogens is 528 g/mol. The third-order valence-corrected chi connectivity index (χ3v) is 6.63. The maximum absolute atomic E-state index is 14.1. The zero-order valence-electron chi connectivity index (χ0n) is 22.1. The van der Waals surface area contributed by atoms with Crippen molar-refractivity contribution in [1.82, 2.24) is 15.2 Å². The number of aromatic amines is 1. The molecule has 0 spiro atoms. The van der Waals surface area contributed by atoms with Gasteiger partial charge in [0.15, 0.2) is 17.3 Å². The van der Waals surface area contributed by atoms with Crippen molar-refractivity contribution >= 4 is 29.2 Å². The molecule has 1 aliphatic rings. The molecule has 2 atom stereocenters. The molecule has 0 bridgehead atoms. The first-order chi connectivity index (χ1) is 18.6. The number of carbonyl (C=O) groups is 2. The largest absolute Gasteiger partial charge is 0.493 e. The summed E-state index contributed by atoms with van der Waals surface area (Å²) in [5, 5.41) is 26.3. The van der Waals surface area contributed by atoms with Crippen molar-refractivity contribution in [2.45, 2.75) is 38.9 Å². The molecule has 0 saturated carbocycles. The summed E-state index contributed by atoms with van der Waals surface area (Å²) >= 11 is 6.44. The smallest absolute Gasteiger partial charge is 0.311 e. The maximum Gasteiger partial charge on any atom is 0.311 e. The molecule has 0 fully saturated rings. The van der Waals surface area contributed by atoms with Gasteiger partial charge in [0.2, 0.25) is 0 Å². The molecular formula is C27H31ClN4O7. The van der Waals surface area contributed by atoms with Crippen LogP contribution in [0.5, 0.6) is 11.5 Å². The molecule has 4 rings (SSSR count). The van der Waals surface area contributed by atoms with Crippen LogP contribution in [0.2, 0.25) is 5.02 Å². The van der Waals surface area contributed by atoms with Crippen LogP contribution in [0.4, 0.5) is 5.69 Å². The van der Waals surface area contributed by atoms with E-state index in [9.17, 15) is 14.7 Å². The maximum atomic E-state index is 14.1. The number of anilines is 1. The summed E-state index contributed by atoms with van der Waals surface area (Å²) in [6.07, 6.45) is -2.25. The normalized spacial score (nSPS) is 17.5. The fraction of sp³-hybridized carbons (Fsp3) is 0.407. The molecule has 0 unspecified atom stereocenters. The van der Waals surface area contributed by atoms with Gasteiger partial charge in [-0.1, -0.05) is 37.6 Å². The Labute approximate surface area is 230 Å². The van der Waals surface area contributed by atoms with Crippen molar-refractivity contribution in [1.29, 1.82) is 0 Å². The van der Waals surface area contributed by atoms with Crippen LogP contribution in [-0.4, -0.2) is 70.7 Å². The summed E-state index contributed by atoms with van der Waals surface area (Å²) in [5.74, 6) is -0.111. The van der Waals surface area contributed by atoms with Gasteiger partial charge in [0.05, 0.1) is 14.2 Å². The highest BCUT2D eigenvalue weighted by Gasteiger charge is 2.40. The summed E-state index contributed by atoms with van der Waals surface area (Å²) in [4.78, 5) is 31.0. The average molecular weight is 559 g/mol. The Hall–Kier alpha value is -3.67. The van der Waals surface area contributed by atoms with Gasteiger partial charge < -0.3 is 29.3 Å². The highest BCUT2D eigenvalue weighted by Crippen LogP contribution is 2.45. The zero-order valence-corrected chi connectivity index (χ0v) is 22.9. The van der Waals surface area contributed by atoms with Crippen LogP contribution in [0.15, 0.2) is 36.4 Å². The van der Waals surface area contributed by atoms with Crippen molar-refractivity contribution in [2.24, 2.45) is 5.41 Å². The number of aliphatic hydroxyl groups excluding tert-OH is 1. The van der Waals surface area contributed by atoms with Crippen molar-refractivity contribution < 1.29 is 34.0 Å². The number of halogens is 1. The lowest BCUT2D eigenvalue weighted by molar-refractivity contribution is -0.136. The summed E-state index contributed by atoms with van der Waals surface area (Å²) < 4.78 is 17.8. The molecule has 12 heteroatoms. The minimum Gasteiger partial charge on any atom is -0.493 e. The van der Waals surface area contributed by atoms with Crippen molar-refractivity contribution in [3.8, 4) is 11.5 Å². The molecule has 0 saturated heterocycles. The van der Waals surface area contributed by atoms with Crippen LogP contribution in [0.3, 0.4) is 0 Å². The zero-order chi connectivity index (χ0) is 28.3. The van der Waals surface area contributed by atoms with Gasteiger partial charge in [0.1, 0.15) is 24.5 Å². The SMILES string of the molecule is COc1cccc([C@H]2O[C@H](Cc3n[nH]c(CC(=O)O)n3)C(=O)N(CC(C)(C)CO)c3ccc(Cl)cc32)c1OC. The number of hydrogen-bond acceptors (Lipinski definition) is 8. The van der Waals surface area contributed by atoms with Gasteiger partial charge in [-0.05, 0) is 24.3 Å². The number of rotatable bonds is 10. The predicted octanol–water partition coefficient (Wildman–Crippen LogP) is 3.18. The quantitative estimate of drug-likeness (QED) is 0.341. The van der Waals surface area contributed by atoms with E-state index in [0.717, 1.165) is 0 Å². The third kappa shape index (κ3) is 6.16. The van der Waals surface area contributed by atoms with Gasteiger partial charge in [0, 0.05) is 46.8 Å². The fourth-order valence-corrected chi connectivity index (χ4v) is 4.70. The van der Waals surface area contributed by atoms with Crippen LogP contribution in [0.1, 0.15) is 42.7 Å². The first kappa shape index (κ1) is 28.3. The van der Waals surface area contributed by atoms with Gasteiger partial charge >= 0.3 is 5.97 Å². The van der Waals surface area contributed by atoms with E-state index in [1.54, 1.807) is 35.2 Å². The van der Waals surface area contributed by atoms with Crippen LogP contribution in [0, 0.1) is 5.41 Å². The van der Waals surface area contributed by atoms with Crippen LogP contribution >= 0.6 is 11.6 Å². The lowest BCUT2D eigenvalue weighted by atomic mass is 9.92. The van der Waals surface area contributed by atoms with Gasteiger partial charge in [-0.25, -0.2) is 4.98 Å². The summed E-state index contributed by atoms with van der Waals surface area (Å²) in [5.41, 5.74) is 1.18. The molecule has 3 N–H and O–H groups in total. The topological polar surface area (TPSA) is 147 Å². The van der Waals surface area contributed by atoms with Crippen molar-refractivity contribution in [3.05, 3.63) is 64.2 Å². The Kier molecular flexibility index (Phi) is 8.43. The minimum atomic E-state index is -1.07. The number of hydrogen-bond donors (Lipinski definition) is 3. The molecule has 1 aliphatic heterocycles. The number of amides is 1. The molecule has 0 aliphatic carbocycles. The van der Waals surface area contributed by atoms with E-state index in [4.69, 9.17) is 30.9 Å². The Bertz CT molecular complexity index is 1360. The first-order valence-electron chi connectivity index (χ1n) is 12.3. The van der Waals surface area contributed by atoms with E-state index in [1.807, 2.05) is 19.9 Å². The number of nitrogens with zero attached hydrogens (tertiary/aromatic N) is 3. The lowest BCUT2D eigenvalue weighted by Gasteiger charge is -2.32. The Morgan fingerprint density at radius 3 is 2.64 bits per heavy atom. The van der Waals surface area contributed by atoms with E-state index in [1.165, 1.54) is 14.2 Å². The van der Waals surface area contributed by atoms with Gasteiger partial charge in [-0.2, -0.15) is 5.10 Å². The number of benzene rings is 2. The molecule has 1 amide bonds. The number of aliphatic hydroxyl groups is 1. The number of aromatic nitrogens is 3. The summed E-state index contributed by atoms with van der Waals surface area (Å²) in [6, 6.07) is 10.6. The number of aliphatic carboxylic acids is 1. The third-order valence-electron chi connectivity index (χ3n) is 6.40. The van der Waals surface area contributed by atoms with E-state index >= 15 is 0 Å². The van der Waals surface area contributed by atoms with Crippen molar-refractivity contribution in [3.63, 3.8) is 0 Å². The minimum absolute atomic E-state index is 0.0322. The lowest BCUT2D eigenvalue weighted by Crippen LogP contribution is -2.46. The Morgan fingerprint density at radius 2 is 1.97 bits per heavy atom. The highest BCUT2D eigenvalue weighted by atomic mass is 35.5. The molecule has 208 valence electrons. The molecule has 3 aromatic rings. The fourth-order valence-electron chi connectivity index (χ4n) is 4.52. The summed E-state index contributed by atoms with van der Waals surface area (Å²) in [6.45, 7) is 3.74. The number of nitrogens with one attached hydrogen (secondary N) is 1. The molecule has 39 heavy (non-hydrogen) atoms. The molecule has 11 nitrogen and oxygen atoms in total. The number of H-pyrrole nitrogens is 1. The number of ether oxygens (including phenoxy) is 3. The number of para-hydroxylation sites is 1. The molecule has 2 aromatic carbocycles. The van der Waals surface area contributed by atoms with E-state index in [-0.39, 0.29) is 43.5 Å². The van der Waals surface area contributed by atoms with Gasteiger partial charge in [-0.15, -0.1) is 0 Å². The average Bonchev–Trinajstić information content (AvgIpc) is 3.30. The highest BCUT2D eigenvalue weighted by molar-refractivity contribution is 6.30. The summed E-state index contributed by atoms with van der Waals surface area (Å²) in [7, 11) is 3.05. The monoisotopic (exact) mass is 558 g/mol. The second-order valence-corrected chi connectivity index (χ2v) is 10.4. The van der Waals surface area contributed by atoms with Crippen molar-refractivity contribution in [2.75, 3.05) is 32.3 Å². The number of carbonyl (C=O) groups excluding carboxylic acids is 1. The number of carboxylic acid groups (broad SMARTS) is 1. The second-order valence-electron chi connectivity index (χ2n) is 10.0. The Balaban J connectivity index is 1.87. The van der Waals surface area contributed by atoms with Crippen LogP contribution in [-0.2, 0) is 27.2 Å². The standard InChI is InChI=1S/C27H31ClN4O7/c1-27(2,14-33)13-32-18-9-8-15(28)10-17(18)24(16-6-5-7-19(37-3)25(16)38-4)39-20(26(32)36)11-21-29-22(31-30-21)12-23(34)35/h5-10,20,24,33H,11-14H2,1-4H3,(H,34,35)(H,29,30,31)/t20-,24-/m1/s1. The van der Waals surface area contributed by atoms with E-state index < -0.39 is 23.6 Å². The second kappa shape index (κ2) is 11.6. The number of carboxylic acids is 1. The van der Waals surface area contributed by atoms with Crippen LogP contribution in [0.25, 0.3) is 0 Å². The number of fused-ring (bicyclic) bond motifs is 1. The first-order valence-corrected chi connectivity index (χ1v) is 12.6. The predicted molar refractivity (Wildman–Crippen MR) is 142 cm³/mol. The van der Waals surface area contributed by atoms with Gasteiger partial charge in [-0.3, -0.25) is 14.7 Å². The van der Waals surface area contributed by atoms with Gasteiger partial charge in [0.25, 0.3) is 5.91 Å². The van der Waals surface area contributed by atoms with E-state index in [0.29, 0.717) is 33.3 Å². The van der Waals surface area contributed by atoms with Crippen LogP contribution < -0.4 is 14.4 Å². The molecule has 1 aromatic heterocycles. The number of methoxy groups -OCH3 is 2. The molecule has 2 heterocycles. The Morgan fingerprint density at radius 1 is 1.21 bits per heavy atom. The van der Waals surface area contributed by atoms with E-state index in [2.05, 4.69) is 15.2 Å².